The number of piperazine rings is 1. The zero-order chi connectivity index (χ0) is 19.1. The minimum absolute atomic E-state index is 0.0136. The average Bonchev–Trinajstić information content (AvgIpc) is 2.71. The molecule has 0 bridgehead atoms. The number of amides is 2. The summed E-state index contributed by atoms with van der Waals surface area (Å²) < 4.78 is 6.51. The number of hydrogen-bond acceptors (Lipinski definition) is 3. The first-order valence-corrected chi connectivity index (χ1v) is 9.93. The van der Waals surface area contributed by atoms with Gasteiger partial charge in [0.25, 0.3) is 5.91 Å². The summed E-state index contributed by atoms with van der Waals surface area (Å²) in [5, 5.41) is 0. The number of carbonyl (C=O) groups excluding carboxylic acids is 2. The summed E-state index contributed by atoms with van der Waals surface area (Å²) in [7, 11) is 0. The van der Waals surface area contributed by atoms with Crippen molar-refractivity contribution in [2.24, 2.45) is 0 Å². The van der Waals surface area contributed by atoms with Gasteiger partial charge in [-0.2, -0.15) is 0 Å². The van der Waals surface area contributed by atoms with Crippen LogP contribution in [0.3, 0.4) is 0 Å². The molecule has 0 N–H and O–H groups in total. The van der Waals surface area contributed by atoms with Gasteiger partial charge in [-0.3, -0.25) is 9.59 Å². The van der Waals surface area contributed by atoms with Crippen LogP contribution < -0.4 is 4.74 Å². The Balaban J connectivity index is 1.39. The first-order valence-electron chi connectivity index (χ1n) is 9.14. The molecule has 1 aliphatic heterocycles. The summed E-state index contributed by atoms with van der Waals surface area (Å²) in [4.78, 5) is 28.6. The standard InChI is InChI=1S/C21H23BrN2O3/c22-18-7-4-6-17(16-18)21(26)24-13-11-23(12-14-24)20(25)10-5-15-27-19-8-2-1-3-9-19/h1-4,6-9,16H,5,10-15H2. The summed E-state index contributed by atoms with van der Waals surface area (Å²) in [5.74, 6) is 0.963. The van der Waals surface area contributed by atoms with E-state index in [2.05, 4.69) is 15.9 Å². The van der Waals surface area contributed by atoms with Crippen LogP contribution in [0.1, 0.15) is 23.2 Å². The van der Waals surface area contributed by atoms with E-state index in [9.17, 15) is 9.59 Å². The Morgan fingerprint density at radius 1 is 0.926 bits per heavy atom. The number of benzene rings is 2. The second-order valence-electron chi connectivity index (χ2n) is 6.45. The van der Waals surface area contributed by atoms with Crippen LogP contribution in [-0.4, -0.2) is 54.4 Å². The van der Waals surface area contributed by atoms with Crippen LogP contribution in [0.5, 0.6) is 5.75 Å². The van der Waals surface area contributed by atoms with Gasteiger partial charge in [-0.05, 0) is 36.8 Å². The van der Waals surface area contributed by atoms with Crippen molar-refractivity contribution in [1.82, 2.24) is 9.80 Å². The molecule has 6 heteroatoms. The fourth-order valence-corrected chi connectivity index (χ4v) is 3.45. The first kappa shape index (κ1) is 19.4. The van der Waals surface area contributed by atoms with E-state index in [0.29, 0.717) is 51.2 Å². The van der Waals surface area contributed by atoms with E-state index in [0.717, 1.165) is 10.2 Å². The number of para-hydroxylation sites is 1. The number of hydrogen-bond donors (Lipinski definition) is 0. The van der Waals surface area contributed by atoms with Crippen LogP contribution in [0.25, 0.3) is 0 Å². The summed E-state index contributed by atoms with van der Waals surface area (Å²) in [6, 6.07) is 17.0. The number of ether oxygens (including phenoxy) is 1. The smallest absolute Gasteiger partial charge is 0.254 e. The largest absolute Gasteiger partial charge is 0.494 e. The van der Waals surface area contributed by atoms with Gasteiger partial charge >= 0.3 is 0 Å². The lowest BCUT2D eigenvalue weighted by Crippen LogP contribution is -2.50. The Labute approximate surface area is 168 Å². The zero-order valence-electron chi connectivity index (χ0n) is 15.1. The van der Waals surface area contributed by atoms with Crippen molar-refractivity contribution in [1.29, 1.82) is 0 Å². The highest BCUT2D eigenvalue weighted by Crippen LogP contribution is 2.15. The van der Waals surface area contributed by atoms with Crippen LogP contribution in [-0.2, 0) is 4.79 Å². The van der Waals surface area contributed by atoms with Crippen molar-refractivity contribution in [2.45, 2.75) is 12.8 Å². The molecule has 27 heavy (non-hydrogen) atoms. The third-order valence-corrected chi connectivity index (χ3v) is 5.03. The van der Waals surface area contributed by atoms with Crippen molar-refractivity contribution in [3.05, 3.63) is 64.6 Å². The predicted octanol–water partition coefficient (Wildman–Crippen LogP) is 3.59. The van der Waals surface area contributed by atoms with Crippen molar-refractivity contribution in [2.75, 3.05) is 32.8 Å². The van der Waals surface area contributed by atoms with Crippen molar-refractivity contribution >= 4 is 27.7 Å². The maximum absolute atomic E-state index is 12.6. The molecule has 2 amide bonds. The van der Waals surface area contributed by atoms with Crippen LogP contribution in [0.15, 0.2) is 59.1 Å². The normalized spacial score (nSPS) is 14.1. The molecule has 0 radical (unpaired) electrons. The summed E-state index contributed by atoms with van der Waals surface area (Å²) >= 11 is 3.39. The van der Waals surface area contributed by atoms with Gasteiger partial charge in [-0.1, -0.05) is 40.2 Å². The number of halogens is 1. The van der Waals surface area contributed by atoms with E-state index >= 15 is 0 Å². The van der Waals surface area contributed by atoms with Gasteiger partial charge in [0.15, 0.2) is 0 Å². The summed E-state index contributed by atoms with van der Waals surface area (Å²) in [5.41, 5.74) is 0.669. The Kier molecular flexibility index (Phi) is 6.87. The molecule has 1 aliphatic rings. The molecular weight excluding hydrogens is 408 g/mol. The minimum atomic E-state index is 0.0136. The van der Waals surface area contributed by atoms with Crippen molar-refractivity contribution in [3.8, 4) is 5.75 Å². The molecule has 2 aromatic rings. The van der Waals surface area contributed by atoms with Crippen molar-refractivity contribution < 1.29 is 14.3 Å². The molecule has 0 spiro atoms. The molecule has 0 aromatic heterocycles. The quantitative estimate of drug-likeness (QED) is 0.657. The van der Waals surface area contributed by atoms with E-state index in [4.69, 9.17) is 4.74 Å². The SMILES string of the molecule is O=C(CCCOc1ccccc1)N1CCN(C(=O)c2cccc(Br)c2)CC1. The molecule has 0 atom stereocenters. The predicted molar refractivity (Wildman–Crippen MR) is 108 cm³/mol. The molecule has 1 heterocycles. The molecule has 5 nitrogen and oxygen atoms in total. The van der Waals surface area contributed by atoms with Gasteiger partial charge in [0, 0.05) is 42.6 Å². The second-order valence-corrected chi connectivity index (χ2v) is 7.36. The molecular formula is C21H23BrN2O3. The summed E-state index contributed by atoms with van der Waals surface area (Å²) in [6.07, 6.45) is 1.15. The van der Waals surface area contributed by atoms with E-state index in [1.807, 2.05) is 64.4 Å². The number of carbonyl (C=O) groups is 2. The molecule has 0 saturated carbocycles. The minimum Gasteiger partial charge on any atom is -0.494 e. The van der Waals surface area contributed by atoms with Crippen LogP contribution in [0.2, 0.25) is 0 Å². The van der Waals surface area contributed by atoms with Crippen molar-refractivity contribution in [3.63, 3.8) is 0 Å². The number of nitrogens with zero attached hydrogens (tertiary/aromatic N) is 2. The Hall–Kier alpha value is -2.34. The van der Waals surface area contributed by atoms with Gasteiger partial charge in [0.05, 0.1) is 6.61 Å². The lowest BCUT2D eigenvalue weighted by molar-refractivity contribution is -0.132. The third kappa shape index (κ3) is 5.57. The molecule has 1 saturated heterocycles. The second kappa shape index (κ2) is 9.55. The highest BCUT2D eigenvalue weighted by atomic mass is 79.9. The van der Waals surface area contributed by atoms with Crippen LogP contribution in [0, 0.1) is 0 Å². The highest BCUT2D eigenvalue weighted by Gasteiger charge is 2.24. The maximum atomic E-state index is 12.6. The Morgan fingerprint density at radius 3 is 2.33 bits per heavy atom. The fourth-order valence-electron chi connectivity index (χ4n) is 3.05. The fraction of sp³-hybridized carbons (Fsp3) is 0.333. The molecule has 1 fully saturated rings. The lowest BCUT2D eigenvalue weighted by atomic mass is 10.1. The Morgan fingerprint density at radius 2 is 1.63 bits per heavy atom. The maximum Gasteiger partial charge on any atom is 0.254 e. The van der Waals surface area contributed by atoms with E-state index in [1.54, 1.807) is 0 Å². The molecule has 0 aliphatic carbocycles. The molecule has 0 unspecified atom stereocenters. The molecule has 3 rings (SSSR count). The van der Waals surface area contributed by atoms with Gasteiger partial charge in [0.2, 0.25) is 5.91 Å². The monoisotopic (exact) mass is 430 g/mol. The third-order valence-electron chi connectivity index (χ3n) is 4.54. The van der Waals surface area contributed by atoms with Gasteiger partial charge in [-0.15, -0.1) is 0 Å². The van der Waals surface area contributed by atoms with E-state index in [-0.39, 0.29) is 11.8 Å². The molecule has 142 valence electrons. The van der Waals surface area contributed by atoms with E-state index in [1.165, 1.54) is 0 Å². The van der Waals surface area contributed by atoms with Crippen LogP contribution in [0.4, 0.5) is 0 Å². The highest BCUT2D eigenvalue weighted by molar-refractivity contribution is 9.10. The van der Waals surface area contributed by atoms with Gasteiger partial charge < -0.3 is 14.5 Å². The van der Waals surface area contributed by atoms with E-state index < -0.39 is 0 Å². The lowest BCUT2D eigenvalue weighted by Gasteiger charge is -2.35. The number of rotatable bonds is 6. The van der Waals surface area contributed by atoms with Gasteiger partial charge in [-0.25, -0.2) is 0 Å². The summed E-state index contributed by atoms with van der Waals surface area (Å²) in [6.45, 7) is 2.82. The van der Waals surface area contributed by atoms with Crippen LogP contribution >= 0.6 is 15.9 Å². The first-order chi connectivity index (χ1) is 13.1. The molecule has 2 aromatic carbocycles. The zero-order valence-corrected chi connectivity index (χ0v) is 16.7. The average molecular weight is 431 g/mol. The Bertz CT molecular complexity index is 774. The topological polar surface area (TPSA) is 49.9 Å². The van der Waals surface area contributed by atoms with Gasteiger partial charge in [0.1, 0.15) is 5.75 Å².